The van der Waals surface area contributed by atoms with Gasteiger partial charge < -0.3 is 4.57 Å². The molecule has 0 N–H and O–H groups in total. The molecule has 3 nitrogen and oxygen atoms in total. The Morgan fingerprint density at radius 3 is 2.59 bits per heavy atom. The van der Waals surface area contributed by atoms with Gasteiger partial charge in [-0.05, 0) is 35.2 Å². The Labute approximate surface area is 136 Å². The third-order valence-electron chi connectivity index (χ3n) is 3.33. The lowest BCUT2D eigenvalue weighted by molar-refractivity contribution is 0.757. The van der Waals surface area contributed by atoms with Gasteiger partial charge >= 0.3 is 0 Å². The Hall–Kier alpha value is -2.35. The maximum Gasteiger partial charge on any atom is 0.269 e. The number of benzene rings is 1. The van der Waals surface area contributed by atoms with Crippen LogP contribution in [0.25, 0.3) is 10.4 Å². The molecule has 2 aromatic heterocycles. The molecule has 0 aliphatic rings. The zero-order valence-corrected chi connectivity index (χ0v) is 13.1. The fraction of sp³-hybridized carbons (Fsp3) is 0.0588. The molecule has 3 rings (SSSR count). The van der Waals surface area contributed by atoms with Gasteiger partial charge in [0.25, 0.3) is 5.56 Å². The molecule has 0 saturated carbocycles. The molecule has 0 atom stereocenters. The van der Waals surface area contributed by atoms with Gasteiger partial charge in [-0.1, -0.05) is 29.8 Å². The molecular weight excluding hydrogens is 316 g/mol. The summed E-state index contributed by atoms with van der Waals surface area (Å²) in [7, 11) is 0. The van der Waals surface area contributed by atoms with Gasteiger partial charge in [0.15, 0.2) is 0 Å². The highest BCUT2D eigenvalue weighted by Gasteiger charge is 2.12. The molecule has 22 heavy (non-hydrogen) atoms. The minimum absolute atomic E-state index is 0.180. The normalized spacial score (nSPS) is 10.4. The van der Waals surface area contributed by atoms with Gasteiger partial charge in [-0.15, -0.1) is 11.3 Å². The van der Waals surface area contributed by atoms with Crippen LogP contribution in [-0.2, 0) is 6.54 Å². The van der Waals surface area contributed by atoms with Crippen LogP contribution < -0.4 is 5.56 Å². The van der Waals surface area contributed by atoms with Crippen LogP contribution in [0.2, 0.25) is 5.02 Å². The topological polar surface area (TPSA) is 45.8 Å². The highest BCUT2D eigenvalue weighted by Crippen LogP contribution is 2.26. The van der Waals surface area contributed by atoms with Crippen molar-refractivity contribution in [2.45, 2.75) is 6.54 Å². The van der Waals surface area contributed by atoms with Gasteiger partial charge in [-0.2, -0.15) is 5.26 Å². The molecule has 1 aromatic carbocycles. The van der Waals surface area contributed by atoms with Crippen molar-refractivity contribution in [3.8, 4) is 16.5 Å². The Bertz CT molecular complexity index is 890. The number of halogens is 1. The van der Waals surface area contributed by atoms with E-state index >= 15 is 0 Å². The van der Waals surface area contributed by atoms with Crippen LogP contribution in [0.5, 0.6) is 0 Å². The zero-order valence-electron chi connectivity index (χ0n) is 11.5. The van der Waals surface area contributed by atoms with Crippen molar-refractivity contribution in [1.82, 2.24) is 4.57 Å². The first-order valence-electron chi connectivity index (χ1n) is 6.61. The molecule has 0 spiro atoms. The lowest BCUT2D eigenvalue weighted by Crippen LogP contribution is -2.23. The average Bonchev–Trinajstić information content (AvgIpc) is 3.05. The van der Waals surface area contributed by atoms with Crippen LogP contribution in [0, 0.1) is 11.3 Å². The summed E-state index contributed by atoms with van der Waals surface area (Å²) >= 11 is 7.37. The molecule has 0 amide bonds. The SMILES string of the molecule is N#Cc1c(-c2cccs2)ccn(Cc2ccc(Cl)cc2)c1=O. The second-order valence-corrected chi connectivity index (χ2v) is 6.14. The molecule has 0 radical (unpaired) electrons. The van der Waals surface area contributed by atoms with Crippen LogP contribution in [0.15, 0.2) is 58.8 Å². The molecule has 0 unspecified atom stereocenters. The number of hydrogen-bond acceptors (Lipinski definition) is 3. The molecule has 2 heterocycles. The highest BCUT2D eigenvalue weighted by atomic mass is 35.5. The Kier molecular flexibility index (Phi) is 4.10. The van der Waals surface area contributed by atoms with E-state index in [9.17, 15) is 10.1 Å². The summed E-state index contributed by atoms with van der Waals surface area (Å²) in [6, 6.07) is 15.0. The highest BCUT2D eigenvalue weighted by molar-refractivity contribution is 7.13. The van der Waals surface area contributed by atoms with Crippen molar-refractivity contribution in [3.05, 3.63) is 80.5 Å². The van der Waals surface area contributed by atoms with E-state index in [0.29, 0.717) is 17.1 Å². The van der Waals surface area contributed by atoms with Crippen molar-refractivity contribution in [2.24, 2.45) is 0 Å². The first kappa shape index (κ1) is 14.6. The fourth-order valence-electron chi connectivity index (χ4n) is 2.23. The van der Waals surface area contributed by atoms with Gasteiger partial charge in [0.05, 0.1) is 6.54 Å². The number of nitriles is 1. The van der Waals surface area contributed by atoms with Crippen LogP contribution in [0.3, 0.4) is 0 Å². The maximum atomic E-state index is 12.5. The van der Waals surface area contributed by atoms with Crippen LogP contribution in [-0.4, -0.2) is 4.57 Å². The van der Waals surface area contributed by atoms with E-state index in [-0.39, 0.29) is 11.1 Å². The first-order valence-corrected chi connectivity index (χ1v) is 7.86. The minimum Gasteiger partial charge on any atom is -0.310 e. The monoisotopic (exact) mass is 326 g/mol. The Balaban J connectivity index is 2.02. The second kappa shape index (κ2) is 6.18. The van der Waals surface area contributed by atoms with E-state index in [0.717, 1.165) is 10.4 Å². The molecule has 108 valence electrons. The molecular formula is C17H11ClN2OS. The number of pyridine rings is 1. The van der Waals surface area contributed by atoms with Crippen molar-refractivity contribution in [1.29, 1.82) is 5.26 Å². The number of rotatable bonds is 3. The number of thiophene rings is 1. The summed E-state index contributed by atoms with van der Waals surface area (Å²) in [5.74, 6) is 0. The standard InChI is InChI=1S/C17H11ClN2OS/c18-13-5-3-12(4-6-13)11-20-8-7-14(15(10-19)17(20)21)16-2-1-9-22-16/h1-9H,11H2. The van der Waals surface area contributed by atoms with Crippen LogP contribution in [0.4, 0.5) is 0 Å². The average molecular weight is 327 g/mol. The number of aromatic nitrogens is 1. The van der Waals surface area contributed by atoms with E-state index in [1.54, 1.807) is 22.9 Å². The lowest BCUT2D eigenvalue weighted by Gasteiger charge is -2.09. The molecule has 5 heteroatoms. The van der Waals surface area contributed by atoms with Crippen LogP contribution >= 0.6 is 22.9 Å². The van der Waals surface area contributed by atoms with Gasteiger partial charge in [-0.3, -0.25) is 4.79 Å². The third kappa shape index (κ3) is 2.82. The van der Waals surface area contributed by atoms with Gasteiger partial charge in [0.1, 0.15) is 11.6 Å². The largest absolute Gasteiger partial charge is 0.310 e. The van der Waals surface area contributed by atoms with Gasteiger partial charge in [0, 0.05) is 21.7 Å². The summed E-state index contributed by atoms with van der Waals surface area (Å²) in [5.41, 5.74) is 1.55. The Morgan fingerprint density at radius 1 is 1.18 bits per heavy atom. The quantitative estimate of drug-likeness (QED) is 0.725. The minimum atomic E-state index is -0.275. The summed E-state index contributed by atoms with van der Waals surface area (Å²) < 4.78 is 1.54. The van der Waals surface area contributed by atoms with Crippen molar-refractivity contribution >= 4 is 22.9 Å². The predicted molar refractivity (Wildman–Crippen MR) is 89.3 cm³/mol. The van der Waals surface area contributed by atoms with E-state index in [2.05, 4.69) is 0 Å². The third-order valence-corrected chi connectivity index (χ3v) is 4.48. The predicted octanol–water partition coefficient (Wildman–Crippen LogP) is 4.15. The Morgan fingerprint density at radius 2 is 1.95 bits per heavy atom. The molecule has 0 aliphatic heterocycles. The van der Waals surface area contributed by atoms with E-state index in [4.69, 9.17) is 11.6 Å². The fourth-order valence-corrected chi connectivity index (χ4v) is 3.11. The van der Waals surface area contributed by atoms with Crippen molar-refractivity contribution < 1.29 is 0 Å². The van der Waals surface area contributed by atoms with Crippen LogP contribution in [0.1, 0.15) is 11.1 Å². The molecule has 0 bridgehead atoms. The molecule has 0 fully saturated rings. The molecule has 0 aliphatic carbocycles. The number of hydrogen-bond donors (Lipinski definition) is 0. The summed E-state index contributed by atoms with van der Waals surface area (Å²) in [6.07, 6.45) is 1.73. The summed E-state index contributed by atoms with van der Waals surface area (Å²) in [4.78, 5) is 13.4. The summed E-state index contributed by atoms with van der Waals surface area (Å²) in [5, 5.41) is 11.9. The first-order chi connectivity index (χ1) is 10.7. The smallest absolute Gasteiger partial charge is 0.269 e. The van der Waals surface area contributed by atoms with E-state index in [1.807, 2.05) is 41.8 Å². The van der Waals surface area contributed by atoms with Gasteiger partial charge in [-0.25, -0.2) is 0 Å². The number of nitrogens with zero attached hydrogens (tertiary/aromatic N) is 2. The zero-order chi connectivity index (χ0) is 15.5. The van der Waals surface area contributed by atoms with Crippen molar-refractivity contribution in [3.63, 3.8) is 0 Å². The second-order valence-electron chi connectivity index (χ2n) is 4.75. The van der Waals surface area contributed by atoms with Crippen molar-refractivity contribution in [2.75, 3.05) is 0 Å². The lowest BCUT2D eigenvalue weighted by atomic mass is 10.1. The molecule has 0 saturated heterocycles. The molecule has 3 aromatic rings. The van der Waals surface area contributed by atoms with E-state index in [1.165, 1.54) is 11.3 Å². The summed E-state index contributed by atoms with van der Waals surface area (Å²) in [6.45, 7) is 0.412. The maximum absolute atomic E-state index is 12.5. The van der Waals surface area contributed by atoms with E-state index < -0.39 is 0 Å². The van der Waals surface area contributed by atoms with Gasteiger partial charge in [0.2, 0.25) is 0 Å².